The number of fused-ring (bicyclic) bond motifs is 1. The maximum Gasteiger partial charge on any atom is 0.337 e. The fourth-order valence-electron chi connectivity index (χ4n) is 2.62. The van der Waals surface area contributed by atoms with Gasteiger partial charge in [-0.3, -0.25) is 0 Å². The molecule has 1 aromatic heterocycles. The molecule has 1 aliphatic rings. The van der Waals surface area contributed by atoms with Gasteiger partial charge in [0.05, 0.1) is 22.0 Å². The zero-order valence-corrected chi connectivity index (χ0v) is 14.4. The van der Waals surface area contributed by atoms with Gasteiger partial charge in [-0.25, -0.2) is 13.2 Å². The Morgan fingerprint density at radius 1 is 1.42 bits per heavy atom. The van der Waals surface area contributed by atoms with Crippen LogP contribution >= 0.6 is 11.6 Å². The van der Waals surface area contributed by atoms with Crippen molar-refractivity contribution in [2.75, 3.05) is 7.05 Å². The van der Waals surface area contributed by atoms with E-state index in [1.54, 1.807) is 0 Å². The first kappa shape index (κ1) is 16.9. The molecule has 0 fully saturated rings. The highest BCUT2D eigenvalue weighted by atomic mass is 35.5. The normalized spacial score (nSPS) is 14.1. The van der Waals surface area contributed by atoms with Crippen LogP contribution < -0.4 is 0 Å². The van der Waals surface area contributed by atoms with Gasteiger partial charge in [-0.2, -0.15) is 4.31 Å². The second kappa shape index (κ2) is 6.15. The van der Waals surface area contributed by atoms with Crippen LogP contribution in [-0.4, -0.2) is 45.6 Å². The van der Waals surface area contributed by atoms with Crippen molar-refractivity contribution in [2.45, 2.75) is 30.8 Å². The van der Waals surface area contributed by atoms with E-state index in [1.807, 2.05) is 4.57 Å². The van der Waals surface area contributed by atoms with Crippen molar-refractivity contribution < 1.29 is 18.3 Å². The van der Waals surface area contributed by atoms with Crippen molar-refractivity contribution in [3.05, 3.63) is 40.4 Å². The smallest absolute Gasteiger partial charge is 0.337 e. The van der Waals surface area contributed by atoms with Crippen LogP contribution in [0.2, 0.25) is 5.02 Å². The molecule has 0 saturated heterocycles. The molecule has 0 amide bonds. The summed E-state index contributed by atoms with van der Waals surface area (Å²) in [5.74, 6) is 0.145. The van der Waals surface area contributed by atoms with E-state index in [0.717, 1.165) is 35.6 Å². The number of aryl methyl sites for hydroxylation is 1. The molecule has 24 heavy (non-hydrogen) atoms. The number of aromatic nitrogens is 3. The summed E-state index contributed by atoms with van der Waals surface area (Å²) in [6.45, 7) is 0.829. The number of carbonyl (C=O) groups is 1. The molecule has 0 aliphatic carbocycles. The summed E-state index contributed by atoms with van der Waals surface area (Å²) < 4.78 is 28.4. The summed E-state index contributed by atoms with van der Waals surface area (Å²) in [6, 6.07) is 3.61. The second-order valence-corrected chi connectivity index (χ2v) is 7.95. The summed E-state index contributed by atoms with van der Waals surface area (Å²) in [4.78, 5) is 11.0. The maximum atomic E-state index is 12.7. The van der Waals surface area contributed by atoms with Crippen LogP contribution in [0.15, 0.2) is 23.1 Å². The van der Waals surface area contributed by atoms with Gasteiger partial charge in [0.2, 0.25) is 10.0 Å². The highest BCUT2D eigenvalue weighted by molar-refractivity contribution is 7.89. The lowest BCUT2D eigenvalue weighted by atomic mass is 10.2. The number of sulfonamides is 1. The van der Waals surface area contributed by atoms with Gasteiger partial charge < -0.3 is 9.67 Å². The molecule has 128 valence electrons. The fraction of sp³-hybridized carbons (Fsp3) is 0.357. The SMILES string of the molecule is CN(Cc1nnc2n1CCC2)S(=O)(=O)c1ccc(Cl)c(C(=O)O)c1. The Bertz CT molecular complexity index is 909. The van der Waals surface area contributed by atoms with Gasteiger partial charge in [0.15, 0.2) is 0 Å². The maximum absolute atomic E-state index is 12.7. The largest absolute Gasteiger partial charge is 0.478 e. The topological polar surface area (TPSA) is 105 Å². The van der Waals surface area contributed by atoms with Crippen LogP contribution in [0.5, 0.6) is 0 Å². The first-order chi connectivity index (χ1) is 11.3. The summed E-state index contributed by atoms with van der Waals surface area (Å²) in [6.07, 6.45) is 1.80. The quantitative estimate of drug-likeness (QED) is 0.852. The van der Waals surface area contributed by atoms with Gasteiger partial charge in [0.25, 0.3) is 0 Å². The monoisotopic (exact) mass is 370 g/mol. The van der Waals surface area contributed by atoms with E-state index in [9.17, 15) is 13.2 Å². The minimum absolute atomic E-state index is 0.0145. The number of halogens is 1. The Hall–Kier alpha value is -1.97. The third-order valence-electron chi connectivity index (χ3n) is 3.93. The highest BCUT2D eigenvalue weighted by Gasteiger charge is 2.26. The molecule has 0 spiro atoms. The number of aromatic carboxylic acids is 1. The Morgan fingerprint density at radius 3 is 2.88 bits per heavy atom. The number of carboxylic acid groups (broad SMARTS) is 1. The van der Waals surface area contributed by atoms with Crippen LogP contribution in [0.25, 0.3) is 0 Å². The summed E-state index contributed by atoms with van der Waals surface area (Å²) in [5, 5.41) is 17.2. The third-order valence-corrected chi connectivity index (χ3v) is 6.06. The molecule has 0 bridgehead atoms. The minimum Gasteiger partial charge on any atom is -0.478 e. The number of hydrogen-bond donors (Lipinski definition) is 1. The molecular formula is C14H15ClN4O4S. The van der Waals surface area contributed by atoms with Crippen LogP contribution in [0.4, 0.5) is 0 Å². The Morgan fingerprint density at radius 2 is 2.17 bits per heavy atom. The molecule has 0 unspecified atom stereocenters. The van der Waals surface area contributed by atoms with Crippen molar-refractivity contribution in [1.82, 2.24) is 19.1 Å². The van der Waals surface area contributed by atoms with Crippen molar-refractivity contribution in [2.24, 2.45) is 0 Å². The van der Waals surface area contributed by atoms with Crippen LogP contribution in [-0.2, 0) is 29.5 Å². The second-order valence-electron chi connectivity index (χ2n) is 5.50. The number of benzene rings is 1. The van der Waals surface area contributed by atoms with Crippen molar-refractivity contribution >= 4 is 27.6 Å². The molecule has 8 nitrogen and oxygen atoms in total. The Balaban J connectivity index is 1.89. The van der Waals surface area contributed by atoms with Crippen LogP contribution in [0.1, 0.15) is 28.4 Å². The summed E-state index contributed by atoms with van der Waals surface area (Å²) in [7, 11) is -2.46. The van der Waals surface area contributed by atoms with Crippen LogP contribution in [0.3, 0.4) is 0 Å². The zero-order chi connectivity index (χ0) is 17.5. The van der Waals surface area contributed by atoms with Gasteiger partial charge in [-0.15, -0.1) is 10.2 Å². The first-order valence-electron chi connectivity index (χ1n) is 7.21. The van der Waals surface area contributed by atoms with Gasteiger partial charge in [-0.1, -0.05) is 11.6 Å². The van der Waals surface area contributed by atoms with Crippen molar-refractivity contribution in [1.29, 1.82) is 0 Å². The molecule has 1 aromatic carbocycles. The van der Waals surface area contributed by atoms with Gasteiger partial charge in [0.1, 0.15) is 11.6 Å². The first-order valence-corrected chi connectivity index (χ1v) is 9.02. The molecule has 1 N–H and O–H groups in total. The number of nitrogens with zero attached hydrogens (tertiary/aromatic N) is 4. The number of carboxylic acids is 1. The molecular weight excluding hydrogens is 356 g/mol. The Kier molecular flexibility index (Phi) is 4.33. The van der Waals surface area contributed by atoms with Crippen molar-refractivity contribution in [3.63, 3.8) is 0 Å². The van der Waals surface area contributed by atoms with Gasteiger partial charge in [0, 0.05) is 20.0 Å². The zero-order valence-electron chi connectivity index (χ0n) is 12.8. The lowest BCUT2D eigenvalue weighted by Crippen LogP contribution is -2.28. The predicted molar refractivity (Wildman–Crippen MR) is 85.4 cm³/mol. The van der Waals surface area contributed by atoms with E-state index >= 15 is 0 Å². The average molecular weight is 371 g/mol. The molecule has 0 radical (unpaired) electrons. The molecule has 2 heterocycles. The number of hydrogen-bond acceptors (Lipinski definition) is 5. The fourth-order valence-corrected chi connectivity index (χ4v) is 3.97. The third kappa shape index (κ3) is 2.90. The van der Waals surface area contributed by atoms with Gasteiger partial charge >= 0.3 is 5.97 Å². The standard InChI is InChI=1S/C14H15ClN4O4S/c1-18(8-13-17-16-12-3-2-6-19(12)13)24(22,23)9-4-5-11(15)10(7-9)14(20)21/h4-5,7H,2-3,6,8H2,1H3,(H,20,21). The van der Waals surface area contributed by atoms with Gasteiger partial charge in [-0.05, 0) is 24.6 Å². The molecule has 10 heteroatoms. The molecule has 0 atom stereocenters. The summed E-state index contributed by atoms with van der Waals surface area (Å²) >= 11 is 5.79. The van der Waals surface area contributed by atoms with E-state index in [4.69, 9.17) is 16.7 Å². The molecule has 2 aromatic rings. The highest BCUT2D eigenvalue weighted by Crippen LogP contribution is 2.24. The van der Waals surface area contributed by atoms with E-state index in [0.29, 0.717) is 5.82 Å². The van der Waals surface area contributed by atoms with E-state index in [2.05, 4.69) is 10.2 Å². The average Bonchev–Trinajstić information content (AvgIpc) is 3.12. The molecule has 1 aliphatic heterocycles. The lowest BCUT2D eigenvalue weighted by molar-refractivity contribution is 0.0697. The number of rotatable bonds is 5. The predicted octanol–water partition coefficient (Wildman–Crippen LogP) is 1.40. The Labute approximate surface area is 143 Å². The van der Waals surface area contributed by atoms with E-state index in [1.165, 1.54) is 19.2 Å². The van der Waals surface area contributed by atoms with E-state index < -0.39 is 16.0 Å². The van der Waals surface area contributed by atoms with E-state index in [-0.39, 0.29) is 22.0 Å². The summed E-state index contributed by atoms with van der Waals surface area (Å²) in [5.41, 5.74) is -0.255. The lowest BCUT2D eigenvalue weighted by Gasteiger charge is -2.17. The molecule has 0 saturated carbocycles. The van der Waals surface area contributed by atoms with Crippen molar-refractivity contribution in [3.8, 4) is 0 Å². The molecule has 3 rings (SSSR count). The van der Waals surface area contributed by atoms with Crippen LogP contribution in [0, 0.1) is 0 Å². The minimum atomic E-state index is -3.88.